The Morgan fingerprint density at radius 2 is 1.46 bits per heavy atom. The molecule has 0 aliphatic heterocycles. The Hall–Kier alpha value is -1.46. The molecule has 254 valence electrons. The molecule has 0 N–H and O–H groups in total. The lowest BCUT2D eigenvalue weighted by atomic mass is 9.43. The Morgan fingerprint density at radius 3 is 2.04 bits per heavy atom. The van der Waals surface area contributed by atoms with E-state index in [9.17, 15) is 0 Å². The van der Waals surface area contributed by atoms with Gasteiger partial charge in [0.2, 0.25) is 0 Å². The van der Waals surface area contributed by atoms with Gasteiger partial charge < -0.3 is 13.9 Å². The summed E-state index contributed by atoms with van der Waals surface area (Å²) >= 11 is 0. The zero-order chi connectivity index (χ0) is 32.7. The summed E-state index contributed by atoms with van der Waals surface area (Å²) in [5, 5.41) is 2.79. The minimum atomic E-state index is -2.49. The fraction of sp³-hybridized carbons (Fsp3) is 0.714. The normalized spacial score (nSPS) is 36.8. The van der Waals surface area contributed by atoms with Crippen LogP contribution in [0, 0.1) is 46.3 Å². The third-order valence-electron chi connectivity index (χ3n) is 14.6. The van der Waals surface area contributed by atoms with Crippen LogP contribution in [0.2, 0.25) is 5.04 Å². The molecular formula is C42H64O3Si. The fourth-order valence-corrected chi connectivity index (χ4v) is 16.9. The first-order chi connectivity index (χ1) is 22.0. The van der Waals surface area contributed by atoms with Crippen molar-refractivity contribution in [2.24, 2.45) is 46.3 Å². The van der Waals surface area contributed by atoms with E-state index in [1.165, 1.54) is 68.2 Å². The first-order valence-corrected chi connectivity index (χ1v) is 20.7. The van der Waals surface area contributed by atoms with Crippen LogP contribution in [-0.4, -0.2) is 41.4 Å². The van der Waals surface area contributed by atoms with E-state index in [2.05, 4.69) is 102 Å². The maximum atomic E-state index is 7.31. The SMILES string of the molecule is CO[C@@H]1CC[C@@]2(C)[C@H](CC[C@@H]3[C@@H]2C[C@H](OC)[C@]2(C)[C@@H]([C@H](C)CCCO[Si](c4ccccc4)(c4ccccc4)C(C)(C)C)CC[C@@H]32)C1. The lowest BCUT2D eigenvalue weighted by Crippen LogP contribution is -2.66. The highest BCUT2D eigenvalue weighted by atomic mass is 28.4. The highest BCUT2D eigenvalue weighted by Crippen LogP contribution is 2.69. The smallest absolute Gasteiger partial charge is 0.261 e. The highest BCUT2D eigenvalue weighted by molar-refractivity contribution is 6.99. The number of methoxy groups -OCH3 is 2. The summed E-state index contributed by atoms with van der Waals surface area (Å²) in [6, 6.07) is 22.3. The molecule has 4 aliphatic carbocycles. The molecule has 0 saturated heterocycles. The van der Waals surface area contributed by atoms with Crippen LogP contribution < -0.4 is 10.4 Å². The molecule has 0 unspecified atom stereocenters. The first-order valence-electron chi connectivity index (χ1n) is 18.8. The van der Waals surface area contributed by atoms with Crippen molar-refractivity contribution in [3.8, 4) is 0 Å². The molecule has 3 nitrogen and oxygen atoms in total. The van der Waals surface area contributed by atoms with Crippen LogP contribution in [0.15, 0.2) is 60.7 Å². The van der Waals surface area contributed by atoms with Gasteiger partial charge in [-0.1, -0.05) is 102 Å². The van der Waals surface area contributed by atoms with Crippen molar-refractivity contribution >= 4 is 18.7 Å². The standard InChI is InChI=1S/C42H64O3Si/c1-30(16-15-27-45-46(40(2,3)4,33-17-11-9-12-18-33)34-19-13-10-14-20-34)36-23-24-37-35-22-21-31-28-32(43-7)25-26-41(31,5)38(35)29-39(44-8)42(36,37)6/h9-14,17-20,30-32,35-39H,15-16,21-29H2,1-8H3/t30-,31-,32-,35+,36-,37+,38+,39+,41+,42-/m1/s1. The first kappa shape index (κ1) is 34.4. The average Bonchev–Trinajstić information content (AvgIpc) is 3.42. The van der Waals surface area contributed by atoms with Gasteiger partial charge >= 0.3 is 0 Å². The number of fused-ring (bicyclic) bond motifs is 5. The summed E-state index contributed by atoms with van der Waals surface area (Å²) in [5.74, 6) is 4.70. The van der Waals surface area contributed by atoms with Crippen molar-refractivity contribution in [3.05, 3.63) is 60.7 Å². The topological polar surface area (TPSA) is 27.7 Å². The van der Waals surface area contributed by atoms with Crippen molar-refractivity contribution in [2.45, 2.75) is 123 Å². The van der Waals surface area contributed by atoms with Gasteiger partial charge in [0.1, 0.15) is 0 Å². The number of rotatable bonds is 10. The zero-order valence-electron chi connectivity index (χ0n) is 30.4. The third kappa shape index (κ3) is 5.69. The summed E-state index contributed by atoms with van der Waals surface area (Å²) in [5.41, 5.74) is 0.735. The Balaban J connectivity index is 1.16. The van der Waals surface area contributed by atoms with Gasteiger partial charge in [0.05, 0.1) is 12.2 Å². The van der Waals surface area contributed by atoms with Gasteiger partial charge in [-0.2, -0.15) is 0 Å². The van der Waals surface area contributed by atoms with Gasteiger partial charge in [-0.05, 0) is 126 Å². The van der Waals surface area contributed by atoms with E-state index in [-0.39, 0.29) is 10.5 Å². The molecule has 0 aromatic heterocycles. The molecule has 0 spiro atoms. The van der Waals surface area contributed by atoms with Crippen LogP contribution in [-0.2, 0) is 13.9 Å². The van der Waals surface area contributed by atoms with Gasteiger partial charge in [-0.15, -0.1) is 0 Å². The molecule has 0 radical (unpaired) electrons. The predicted octanol–water partition coefficient (Wildman–Crippen LogP) is 9.28. The molecule has 10 atom stereocenters. The minimum Gasteiger partial charge on any atom is -0.407 e. The Kier molecular flexibility index (Phi) is 10.1. The quantitative estimate of drug-likeness (QED) is 0.191. The molecule has 6 rings (SSSR count). The summed E-state index contributed by atoms with van der Waals surface area (Å²) in [7, 11) is 1.46. The van der Waals surface area contributed by atoms with Crippen molar-refractivity contribution in [1.82, 2.24) is 0 Å². The van der Waals surface area contributed by atoms with Crippen LogP contribution in [0.1, 0.15) is 106 Å². The van der Waals surface area contributed by atoms with Crippen LogP contribution in [0.3, 0.4) is 0 Å². The van der Waals surface area contributed by atoms with Crippen molar-refractivity contribution in [2.75, 3.05) is 20.8 Å². The van der Waals surface area contributed by atoms with E-state index in [0.717, 1.165) is 42.6 Å². The van der Waals surface area contributed by atoms with Gasteiger partial charge in [-0.25, -0.2) is 0 Å². The lowest BCUT2D eigenvalue weighted by molar-refractivity contribution is -0.184. The molecular weight excluding hydrogens is 581 g/mol. The van der Waals surface area contributed by atoms with Gasteiger partial charge in [0.15, 0.2) is 0 Å². The van der Waals surface area contributed by atoms with E-state index in [4.69, 9.17) is 13.9 Å². The fourth-order valence-electron chi connectivity index (χ4n) is 12.3. The highest BCUT2D eigenvalue weighted by Gasteiger charge is 2.64. The largest absolute Gasteiger partial charge is 0.407 e. The number of ether oxygens (including phenoxy) is 2. The van der Waals surface area contributed by atoms with E-state index in [1.54, 1.807) is 0 Å². The molecule has 4 fully saturated rings. The molecule has 4 saturated carbocycles. The van der Waals surface area contributed by atoms with Crippen molar-refractivity contribution in [3.63, 3.8) is 0 Å². The lowest BCUT2D eigenvalue weighted by Gasteiger charge is -2.63. The van der Waals surface area contributed by atoms with E-state index in [1.807, 2.05) is 14.2 Å². The van der Waals surface area contributed by atoms with Crippen molar-refractivity contribution < 1.29 is 13.9 Å². The summed E-state index contributed by atoms with van der Waals surface area (Å²) in [6.45, 7) is 15.9. The maximum Gasteiger partial charge on any atom is 0.261 e. The number of hydrogen-bond donors (Lipinski definition) is 0. The van der Waals surface area contributed by atoms with Crippen molar-refractivity contribution in [1.29, 1.82) is 0 Å². The summed E-state index contributed by atoms with van der Waals surface area (Å²) in [4.78, 5) is 0. The van der Waals surface area contributed by atoms with E-state index < -0.39 is 8.32 Å². The zero-order valence-corrected chi connectivity index (χ0v) is 31.4. The molecule has 4 heteroatoms. The maximum absolute atomic E-state index is 7.31. The molecule has 46 heavy (non-hydrogen) atoms. The van der Waals surface area contributed by atoms with Crippen LogP contribution >= 0.6 is 0 Å². The Bertz CT molecular complexity index is 1240. The van der Waals surface area contributed by atoms with Crippen LogP contribution in [0.4, 0.5) is 0 Å². The van der Waals surface area contributed by atoms with E-state index in [0.29, 0.717) is 23.5 Å². The second-order valence-corrected chi connectivity index (χ2v) is 21.7. The summed E-state index contributed by atoms with van der Waals surface area (Å²) < 4.78 is 19.8. The van der Waals surface area contributed by atoms with Gasteiger partial charge in [0, 0.05) is 20.8 Å². The molecule has 0 bridgehead atoms. The minimum absolute atomic E-state index is 0.0241. The van der Waals surface area contributed by atoms with E-state index >= 15 is 0 Å². The molecule has 0 heterocycles. The van der Waals surface area contributed by atoms with Crippen LogP contribution in [0.25, 0.3) is 0 Å². The second-order valence-electron chi connectivity index (χ2n) is 17.4. The van der Waals surface area contributed by atoms with Crippen LogP contribution in [0.5, 0.6) is 0 Å². The molecule has 2 aromatic rings. The monoisotopic (exact) mass is 644 g/mol. The van der Waals surface area contributed by atoms with Gasteiger partial charge in [0.25, 0.3) is 8.32 Å². The molecule has 2 aromatic carbocycles. The number of hydrogen-bond acceptors (Lipinski definition) is 3. The second kappa shape index (κ2) is 13.4. The Labute approximate surface area is 282 Å². The molecule has 0 amide bonds. The third-order valence-corrected chi connectivity index (χ3v) is 19.6. The predicted molar refractivity (Wildman–Crippen MR) is 194 cm³/mol. The Morgan fingerprint density at radius 1 is 0.804 bits per heavy atom. The summed E-state index contributed by atoms with van der Waals surface area (Å²) in [6.07, 6.45) is 13.9. The number of benzene rings is 2. The average molecular weight is 645 g/mol. The van der Waals surface area contributed by atoms with Gasteiger partial charge in [-0.3, -0.25) is 0 Å². The molecule has 4 aliphatic rings.